The summed E-state index contributed by atoms with van der Waals surface area (Å²) >= 11 is 1.06. The van der Waals surface area contributed by atoms with Crippen LogP contribution in [0.15, 0.2) is 34.7 Å². The van der Waals surface area contributed by atoms with Crippen molar-refractivity contribution < 1.29 is 13.3 Å². The molecule has 0 radical (unpaired) electrons. The van der Waals surface area contributed by atoms with Gasteiger partial charge in [-0.2, -0.15) is 0 Å². The van der Waals surface area contributed by atoms with E-state index in [1.807, 2.05) is 0 Å². The van der Waals surface area contributed by atoms with Crippen LogP contribution >= 0.6 is 11.3 Å². The van der Waals surface area contributed by atoms with Crippen molar-refractivity contribution >= 4 is 37.9 Å². The summed E-state index contributed by atoms with van der Waals surface area (Å²) in [5.41, 5.74) is 4.58. The maximum Gasteiger partial charge on any atom is 0.312 e. The number of nitrogen functional groups attached to an aromatic ring is 1. The Morgan fingerprint density at radius 1 is 1.42 bits per heavy atom. The zero-order valence-electron chi connectivity index (χ0n) is 9.31. The maximum absolute atomic E-state index is 12.1. The lowest BCUT2D eigenvalue weighted by atomic mass is 10.3. The average molecular weight is 300 g/mol. The van der Waals surface area contributed by atoms with Gasteiger partial charge in [0.2, 0.25) is 0 Å². The van der Waals surface area contributed by atoms with Crippen molar-refractivity contribution in [1.82, 2.24) is 4.98 Å². The van der Waals surface area contributed by atoms with Gasteiger partial charge in [-0.15, -0.1) is 11.3 Å². The first kappa shape index (κ1) is 13.2. The third-order valence-electron chi connectivity index (χ3n) is 2.16. The molecule has 1 aromatic heterocycles. The predicted octanol–water partition coefficient (Wildman–Crippen LogP) is 1.43. The van der Waals surface area contributed by atoms with Crippen molar-refractivity contribution in [1.29, 1.82) is 0 Å². The van der Waals surface area contributed by atoms with Gasteiger partial charge in [0.1, 0.15) is 5.69 Å². The molecule has 0 saturated heterocycles. The van der Waals surface area contributed by atoms with E-state index < -0.39 is 25.5 Å². The lowest BCUT2D eigenvalue weighted by molar-refractivity contribution is -0.386. The number of rotatable bonds is 4. The number of benzene rings is 1. The van der Waals surface area contributed by atoms with E-state index in [1.165, 1.54) is 18.3 Å². The summed E-state index contributed by atoms with van der Waals surface area (Å²) in [5.74, 6) is 0. The Morgan fingerprint density at radius 2 is 2.16 bits per heavy atom. The molecule has 0 bridgehead atoms. The van der Waals surface area contributed by atoms with E-state index in [4.69, 9.17) is 5.73 Å². The Morgan fingerprint density at radius 3 is 2.74 bits per heavy atom. The number of aromatic nitrogens is 1. The summed E-state index contributed by atoms with van der Waals surface area (Å²) in [6, 6.07) is 3.71. The van der Waals surface area contributed by atoms with Crippen LogP contribution in [0.2, 0.25) is 0 Å². The van der Waals surface area contributed by atoms with E-state index >= 15 is 0 Å². The summed E-state index contributed by atoms with van der Waals surface area (Å²) in [6.45, 7) is 0. The Kier molecular flexibility index (Phi) is 3.36. The highest BCUT2D eigenvalue weighted by atomic mass is 32.2. The number of thiazole rings is 1. The zero-order valence-corrected chi connectivity index (χ0v) is 10.9. The molecule has 0 aliphatic rings. The van der Waals surface area contributed by atoms with Crippen molar-refractivity contribution in [3.05, 3.63) is 39.9 Å². The lowest BCUT2D eigenvalue weighted by Gasteiger charge is -2.07. The Bertz CT molecular complexity index is 712. The smallest absolute Gasteiger partial charge is 0.312 e. The number of nitrogens with one attached hydrogen (secondary N) is 1. The summed E-state index contributed by atoms with van der Waals surface area (Å²) in [6.07, 6.45) is 1.41. The molecule has 19 heavy (non-hydrogen) atoms. The van der Waals surface area contributed by atoms with Gasteiger partial charge in [0.05, 0.1) is 4.92 Å². The highest BCUT2D eigenvalue weighted by molar-refractivity contribution is 7.93. The van der Waals surface area contributed by atoms with Gasteiger partial charge in [-0.05, 0) is 12.1 Å². The van der Waals surface area contributed by atoms with Gasteiger partial charge in [-0.3, -0.25) is 14.8 Å². The molecular weight excluding hydrogens is 292 g/mol. The van der Waals surface area contributed by atoms with Crippen LogP contribution in [0, 0.1) is 10.1 Å². The van der Waals surface area contributed by atoms with Crippen molar-refractivity contribution in [2.24, 2.45) is 0 Å². The normalized spacial score (nSPS) is 11.2. The van der Waals surface area contributed by atoms with Crippen molar-refractivity contribution in [2.75, 3.05) is 10.5 Å². The van der Waals surface area contributed by atoms with Crippen LogP contribution in [0.25, 0.3) is 0 Å². The number of nitrogens with zero attached hydrogens (tertiary/aromatic N) is 2. The van der Waals surface area contributed by atoms with E-state index in [0.717, 1.165) is 17.4 Å². The van der Waals surface area contributed by atoms with Gasteiger partial charge in [0, 0.05) is 11.6 Å². The molecule has 0 fully saturated rings. The number of hydrogen-bond donors (Lipinski definition) is 2. The molecule has 0 unspecified atom stereocenters. The van der Waals surface area contributed by atoms with Gasteiger partial charge in [-0.1, -0.05) is 6.07 Å². The monoisotopic (exact) mass is 300 g/mol. The van der Waals surface area contributed by atoms with E-state index in [2.05, 4.69) is 9.71 Å². The Hall–Kier alpha value is -2.20. The second kappa shape index (κ2) is 4.82. The van der Waals surface area contributed by atoms with Crippen LogP contribution in [0.5, 0.6) is 0 Å². The molecule has 0 spiro atoms. The first-order valence-electron chi connectivity index (χ1n) is 4.87. The molecule has 8 nitrogen and oxygen atoms in total. The maximum atomic E-state index is 12.1. The number of nitro groups is 1. The Labute approximate surface area is 112 Å². The molecule has 1 aromatic carbocycles. The van der Waals surface area contributed by atoms with E-state index in [1.54, 1.807) is 5.38 Å². The number of sulfonamides is 1. The lowest BCUT2D eigenvalue weighted by Crippen LogP contribution is -2.15. The number of nitrogens with two attached hydrogens (primary N) is 1. The minimum absolute atomic E-state index is 0.122. The van der Waals surface area contributed by atoms with Gasteiger partial charge in [-0.25, -0.2) is 13.4 Å². The largest absolute Gasteiger partial charge is 0.393 e. The zero-order chi connectivity index (χ0) is 14.0. The third kappa shape index (κ3) is 2.63. The highest BCUT2D eigenvalue weighted by Gasteiger charge is 2.28. The molecule has 0 aliphatic heterocycles. The topological polar surface area (TPSA) is 128 Å². The predicted molar refractivity (Wildman–Crippen MR) is 70.4 cm³/mol. The minimum atomic E-state index is -4.11. The summed E-state index contributed by atoms with van der Waals surface area (Å²) in [7, 11) is -4.11. The van der Waals surface area contributed by atoms with Crippen LogP contribution in [0.1, 0.15) is 0 Å². The fraction of sp³-hybridized carbons (Fsp3) is 0. The average Bonchev–Trinajstić information content (AvgIpc) is 2.80. The molecule has 0 atom stereocenters. The molecular formula is C9H8N4O4S2. The van der Waals surface area contributed by atoms with E-state index in [0.29, 0.717) is 0 Å². The molecule has 100 valence electrons. The number of nitro benzene ring substituents is 1. The molecule has 0 aliphatic carbocycles. The minimum Gasteiger partial charge on any atom is -0.393 e. The number of para-hydroxylation sites is 1. The number of anilines is 2. The number of hydrogen-bond acceptors (Lipinski definition) is 7. The second-order valence-electron chi connectivity index (χ2n) is 3.39. The Balaban J connectivity index is 2.52. The van der Waals surface area contributed by atoms with Crippen molar-refractivity contribution in [3.8, 4) is 0 Å². The van der Waals surface area contributed by atoms with Gasteiger partial charge >= 0.3 is 5.69 Å². The summed E-state index contributed by atoms with van der Waals surface area (Å²) < 4.78 is 26.3. The molecule has 0 saturated carbocycles. The van der Waals surface area contributed by atoms with Crippen molar-refractivity contribution in [3.63, 3.8) is 0 Å². The third-order valence-corrected chi connectivity index (χ3v) is 4.34. The molecule has 2 aromatic rings. The van der Waals surface area contributed by atoms with Crippen LogP contribution in [-0.4, -0.2) is 18.3 Å². The summed E-state index contributed by atoms with van der Waals surface area (Å²) in [5, 5.41) is 12.6. The van der Waals surface area contributed by atoms with Crippen LogP contribution < -0.4 is 10.5 Å². The van der Waals surface area contributed by atoms with Crippen LogP contribution in [0.3, 0.4) is 0 Å². The summed E-state index contributed by atoms with van der Waals surface area (Å²) in [4.78, 5) is 13.3. The van der Waals surface area contributed by atoms with Gasteiger partial charge < -0.3 is 5.73 Å². The molecule has 1 heterocycles. The fourth-order valence-electron chi connectivity index (χ4n) is 1.40. The highest BCUT2D eigenvalue weighted by Crippen LogP contribution is 2.31. The van der Waals surface area contributed by atoms with Crippen LogP contribution in [0.4, 0.5) is 16.5 Å². The molecule has 10 heteroatoms. The quantitative estimate of drug-likeness (QED) is 0.499. The van der Waals surface area contributed by atoms with Crippen molar-refractivity contribution in [2.45, 2.75) is 4.90 Å². The van der Waals surface area contributed by atoms with Gasteiger partial charge in [0.25, 0.3) is 10.0 Å². The first-order chi connectivity index (χ1) is 8.92. The fourth-order valence-corrected chi connectivity index (χ4v) is 3.39. The van der Waals surface area contributed by atoms with Crippen LogP contribution in [-0.2, 0) is 10.0 Å². The first-order valence-corrected chi connectivity index (χ1v) is 7.23. The molecule has 3 N–H and O–H groups in total. The molecule has 0 amide bonds. The van der Waals surface area contributed by atoms with E-state index in [9.17, 15) is 18.5 Å². The molecule has 2 rings (SSSR count). The second-order valence-corrected chi connectivity index (χ2v) is 5.94. The van der Waals surface area contributed by atoms with E-state index in [-0.39, 0.29) is 10.8 Å². The SMILES string of the molecule is Nc1cccc(S(=O)(=O)Nc2nccs2)c1[N+](=O)[O-]. The standard InChI is InChI=1S/C9H8N4O4S2/c10-6-2-1-3-7(8(6)13(14)15)19(16,17)12-9-11-4-5-18-9/h1-5H,10H2,(H,11,12). The van der Waals surface area contributed by atoms with Gasteiger partial charge in [0.15, 0.2) is 10.0 Å².